The number of ether oxygens (including phenoxy) is 1. The molecule has 320 valence electrons. The van der Waals surface area contributed by atoms with Crippen LogP contribution < -0.4 is 0 Å². The predicted octanol–water partition coefficient (Wildman–Crippen LogP) is 17.6. The maximum Gasteiger partial charge on any atom is 0.143 e. The lowest BCUT2D eigenvalue weighted by Crippen LogP contribution is -2.41. The number of rotatable bonds is 29. The largest absolute Gasteiger partial charge is 0.359 e. The zero-order valence-electron chi connectivity index (χ0n) is 38.1. The average molecular weight is 791 g/mol. The third-order valence-corrected chi connectivity index (χ3v) is 13.5. The van der Waals surface area contributed by atoms with E-state index in [1.54, 1.807) is 0 Å². The van der Waals surface area contributed by atoms with Crippen molar-refractivity contribution in [1.29, 1.82) is 0 Å². The van der Waals surface area contributed by atoms with E-state index in [0.717, 1.165) is 47.8 Å². The highest BCUT2D eigenvalue weighted by atomic mass is 16.6. The Kier molecular flexibility index (Phi) is 19.3. The molecule has 0 aliphatic carbocycles. The van der Waals surface area contributed by atoms with Gasteiger partial charge >= 0.3 is 0 Å². The summed E-state index contributed by atoms with van der Waals surface area (Å²) in [7, 11) is 0. The van der Waals surface area contributed by atoms with Crippen LogP contribution in [0.2, 0.25) is 0 Å². The molecule has 1 aliphatic heterocycles. The van der Waals surface area contributed by atoms with Gasteiger partial charge in [0.1, 0.15) is 11.0 Å². The first-order valence-corrected chi connectivity index (χ1v) is 24.6. The fourth-order valence-electron chi connectivity index (χ4n) is 10.1. The van der Waals surface area contributed by atoms with E-state index in [9.17, 15) is 0 Å². The van der Waals surface area contributed by atoms with Gasteiger partial charge in [-0.1, -0.05) is 230 Å². The summed E-state index contributed by atoms with van der Waals surface area (Å²) in [4.78, 5) is 0. The number of nitrogens with zero attached hydrogens (tertiary/aromatic N) is 2. The van der Waals surface area contributed by atoms with Crippen LogP contribution >= 0.6 is 0 Å². The van der Waals surface area contributed by atoms with Crippen molar-refractivity contribution < 1.29 is 9.37 Å². The van der Waals surface area contributed by atoms with Gasteiger partial charge in [-0.2, -0.15) is 0 Å². The summed E-state index contributed by atoms with van der Waals surface area (Å²) in [5, 5.41) is 8.79. The summed E-state index contributed by atoms with van der Waals surface area (Å²) in [6, 6.07) is 19.1. The third kappa shape index (κ3) is 12.3. The molecule has 0 spiro atoms. The molecule has 4 heteroatoms. The van der Waals surface area contributed by atoms with Crippen LogP contribution in [0.3, 0.4) is 0 Å². The molecule has 5 rings (SSSR count). The Bertz CT molecular complexity index is 1740. The monoisotopic (exact) mass is 791 g/mol. The zero-order valence-corrected chi connectivity index (χ0v) is 38.1. The second-order valence-corrected chi connectivity index (χ2v) is 18.4. The Labute approximate surface area is 355 Å². The molecular formula is C54H82N2O2. The molecule has 0 radical (unpaired) electrons. The lowest BCUT2D eigenvalue weighted by Gasteiger charge is -2.45. The highest BCUT2D eigenvalue weighted by Crippen LogP contribution is 2.56. The van der Waals surface area contributed by atoms with Crippen LogP contribution in [0.5, 0.6) is 0 Å². The number of benzene rings is 3. The lowest BCUT2D eigenvalue weighted by atomic mass is 9.78. The van der Waals surface area contributed by atoms with Crippen LogP contribution in [0.4, 0.5) is 0 Å². The van der Waals surface area contributed by atoms with Crippen LogP contribution in [0, 0.1) is 13.8 Å². The zero-order chi connectivity index (χ0) is 41.1. The average Bonchev–Trinajstić information content (AvgIpc) is 3.71. The molecule has 0 saturated carbocycles. The number of hydrogen-bond acceptors (Lipinski definition) is 4. The van der Waals surface area contributed by atoms with E-state index in [1.165, 1.54) is 187 Å². The van der Waals surface area contributed by atoms with Crippen molar-refractivity contribution in [3.63, 3.8) is 0 Å². The predicted molar refractivity (Wildman–Crippen MR) is 249 cm³/mol. The molecule has 1 aromatic heterocycles. The van der Waals surface area contributed by atoms with E-state index >= 15 is 0 Å². The molecule has 0 N–H and O–H groups in total. The second kappa shape index (κ2) is 24.3. The number of hydrogen-bond donors (Lipinski definition) is 0. The van der Waals surface area contributed by atoms with Gasteiger partial charge in [0.05, 0.1) is 11.2 Å². The molecule has 4 aromatic rings. The summed E-state index contributed by atoms with van der Waals surface area (Å²) in [5.41, 5.74) is 11.3. The molecular weight excluding hydrogens is 709 g/mol. The minimum Gasteiger partial charge on any atom is -0.359 e. The van der Waals surface area contributed by atoms with Crippen LogP contribution in [0.25, 0.3) is 33.3 Å². The summed E-state index contributed by atoms with van der Waals surface area (Å²) in [6.45, 7) is 13.7. The smallest absolute Gasteiger partial charge is 0.143 e. The molecule has 0 fully saturated rings. The highest BCUT2D eigenvalue weighted by molar-refractivity contribution is 5.93. The van der Waals surface area contributed by atoms with Crippen molar-refractivity contribution in [2.75, 3.05) is 0 Å². The first kappa shape index (κ1) is 46.1. The Balaban J connectivity index is 1.67. The number of fused-ring (bicyclic) bond motifs is 4. The Morgan fingerprint density at radius 2 is 0.810 bits per heavy atom. The third-order valence-electron chi connectivity index (χ3n) is 13.5. The SMILES string of the molecule is CCCCCCCCC1(CCCCCCCC)OC(CCCCCCCC)(CCCCCCCC)c2cc(-c3ccc(C)c4nonc34)ccc2-c2ccc(C)cc21. The molecule has 1 aliphatic rings. The van der Waals surface area contributed by atoms with Crippen molar-refractivity contribution in [2.45, 2.75) is 233 Å². The molecule has 0 amide bonds. The quantitative estimate of drug-likeness (QED) is 0.0514. The van der Waals surface area contributed by atoms with Crippen molar-refractivity contribution in [3.8, 4) is 22.3 Å². The van der Waals surface area contributed by atoms with E-state index in [4.69, 9.17) is 9.37 Å². The van der Waals surface area contributed by atoms with Crippen LogP contribution in [0.15, 0.2) is 53.2 Å². The van der Waals surface area contributed by atoms with Gasteiger partial charge in [0.25, 0.3) is 0 Å². The topological polar surface area (TPSA) is 48.2 Å². The lowest BCUT2D eigenvalue weighted by molar-refractivity contribution is -0.185. The normalized spacial score (nSPS) is 14.4. The van der Waals surface area contributed by atoms with E-state index in [1.807, 2.05) is 0 Å². The van der Waals surface area contributed by atoms with Gasteiger partial charge in [-0.25, -0.2) is 4.63 Å². The van der Waals surface area contributed by atoms with Crippen LogP contribution in [0.1, 0.15) is 230 Å². The standard InChI is InChI=1S/C54H82N2O2/c1-7-11-15-19-23-27-37-53(38-28-24-20-16-12-8-2)49-41-43(5)31-34-47(49)48-36-33-45(46-35-32-44(6)51-52(46)56-58-55-51)42-50(48)54(57-53,39-29-25-21-17-13-9-3)40-30-26-22-18-14-10-4/h31-36,41-42H,7-30,37-40H2,1-6H3. The van der Waals surface area contributed by atoms with E-state index in [-0.39, 0.29) is 11.2 Å². The molecule has 0 bridgehead atoms. The Morgan fingerprint density at radius 3 is 1.29 bits per heavy atom. The first-order valence-electron chi connectivity index (χ1n) is 24.6. The summed E-state index contributed by atoms with van der Waals surface area (Å²) >= 11 is 0. The number of aryl methyl sites for hydroxylation is 2. The first-order chi connectivity index (χ1) is 28.4. The maximum absolute atomic E-state index is 8.44. The van der Waals surface area contributed by atoms with Crippen LogP contribution in [-0.2, 0) is 15.9 Å². The molecule has 4 nitrogen and oxygen atoms in total. The van der Waals surface area contributed by atoms with Gasteiger partial charge in [0, 0.05) is 5.56 Å². The fraction of sp³-hybridized carbons (Fsp3) is 0.667. The van der Waals surface area contributed by atoms with E-state index < -0.39 is 0 Å². The molecule has 0 atom stereocenters. The molecule has 3 aromatic carbocycles. The molecule has 0 unspecified atom stereocenters. The van der Waals surface area contributed by atoms with Gasteiger partial charge in [0.15, 0.2) is 0 Å². The van der Waals surface area contributed by atoms with Gasteiger partial charge in [0.2, 0.25) is 0 Å². The number of aromatic nitrogens is 2. The van der Waals surface area contributed by atoms with Gasteiger partial charge in [-0.15, -0.1) is 0 Å². The summed E-state index contributed by atoms with van der Waals surface area (Å²) in [5.74, 6) is 0. The van der Waals surface area contributed by atoms with Crippen molar-refractivity contribution in [2.24, 2.45) is 0 Å². The minimum absolute atomic E-state index is 0.326. The van der Waals surface area contributed by atoms with Crippen molar-refractivity contribution in [3.05, 3.63) is 70.8 Å². The van der Waals surface area contributed by atoms with Crippen molar-refractivity contribution in [1.82, 2.24) is 10.3 Å². The maximum atomic E-state index is 8.44. The minimum atomic E-state index is -0.385. The van der Waals surface area contributed by atoms with Gasteiger partial charge in [-0.3, -0.25) is 0 Å². The molecule has 2 heterocycles. The van der Waals surface area contributed by atoms with Crippen molar-refractivity contribution >= 4 is 11.0 Å². The Hall–Kier alpha value is -2.98. The fourth-order valence-corrected chi connectivity index (χ4v) is 10.1. The van der Waals surface area contributed by atoms with Gasteiger partial charge in [-0.05, 0) is 89.3 Å². The van der Waals surface area contributed by atoms with Crippen LogP contribution in [-0.4, -0.2) is 10.3 Å². The Morgan fingerprint density at radius 1 is 0.414 bits per heavy atom. The molecule has 0 saturated heterocycles. The molecule has 58 heavy (non-hydrogen) atoms. The van der Waals surface area contributed by atoms with E-state index in [2.05, 4.69) is 100 Å². The highest BCUT2D eigenvalue weighted by Gasteiger charge is 2.48. The summed E-state index contributed by atoms with van der Waals surface area (Å²) in [6.07, 6.45) is 35.5. The van der Waals surface area contributed by atoms with E-state index in [0.29, 0.717) is 0 Å². The summed E-state index contributed by atoms with van der Waals surface area (Å²) < 4.78 is 13.8. The van der Waals surface area contributed by atoms with Gasteiger partial charge < -0.3 is 4.74 Å². The second-order valence-electron chi connectivity index (χ2n) is 18.4. The number of unbranched alkanes of at least 4 members (excludes halogenated alkanes) is 20.